The summed E-state index contributed by atoms with van der Waals surface area (Å²) in [4.78, 5) is 35.1. The Labute approximate surface area is 108 Å². The number of nitrogens with zero attached hydrogens (tertiary/aromatic N) is 1. The molecule has 0 saturated carbocycles. The Kier molecular flexibility index (Phi) is 3.42. The van der Waals surface area contributed by atoms with Crippen molar-refractivity contribution in [3.05, 3.63) is 22.2 Å². The van der Waals surface area contributed by atoms with E-state index in [0.29, 0.717) is 17.7 Å². The van der Waals surface area contributed by atoms with Crippen LogP contribution in [0, 0.1) is 0 Å². The zero-order valence-electron chi connectivity index (χ0n) is 9.67. The van der Waals surface area contributed by atoms with Crippen molar-refractivity contribution in [1.82, 2.24) is 10.2 Å². The summed E-state index contributed by atoms with van der Waals surface area (Å²) in [5, 5.41) is 13.2. The molecule has 1 fully saturated rings. The molecule has 0 aromatic carbocycles. The van der Waals surface area contributed by atoms with Crippen LogP contribution < -0.4 is 5.32 Å². The quantitative estimate of drug-likeness (QED) is 0.730. The lowest BCUT2D eigenvalue weighted by atomic mass is 10.0. The van der Waals surface area contributed by atoms with E-state index in [-0.39, 0.29) is 23.6 Å². The number of nitrogens with one attached hydrogen (secondary N) is 1. The highest BCUT2D eigenvalue weighted by Gasteiger charge is 2.47. The molecule has 0 radical (unpaired) electrons. The zero-order valence-corrected chi connectivity index (χ0v) is 10.5. The average molecular weight is 268 g/mol. The second-order valence-corrected chi connectivity index (χ2v) is 5.02. The number of carboxylic acids is 1. The maximum absolute atomic E-state index is 11.3. The molecule has 6 nitrogen and oxygen atoms in total. The first-order chi connectivity index (χ1) is 8.50. The highest BCUT2D eigenvalue weighted by atomic mass is 32.2. The molecule has 0 bridgehead atoms. The van der Waals surface area contributed by atoms with E-state index in [9.17, 15) is 14.4 Å². The van der Waals surface area contributed by atoms with Gasteiger partial charge in [0.2, 0.25) is 11.8 Å². The Morgan fingerprint density at radius 3 is 2.78 bits per heavy atom. The molecular formula is C11H12N2O4S. The minimum atomic E-state index is -1.08. The molecule has 1 atom stereocenters. The molecule has 2 amide bonds. The van der Waals surface area contributed by atoms with Crippen molar-refractivity contribution >= 4 is 29.5 Å². The molecule has 2 aliphatic rings. The summed E-state index contributed by atoms with van der Waals surface area (Å²) in [6.45, 7) is 1.39. The summed E-state index contributed by atoms with van der Waals surface area (Å²) in [6.07, 6.45) is 2.44. The Morgan fingerprint density at radius 1 is 1.50 bits per heavy atom. The maximum Gasteiger partial charge on any atom is 0.353 e. The number of fused-ring (bicyclic) bond motifs is 1. The van der Waals surface area contributed by atoms with Gasteiger partial charge < -0.3 is 15.3 Å². The van der Waals surface area contributed by atoms with Crippen molar-refractivity contribution in [2.45, 2.75) is 25.8 Å². The molecule has 7 heteroatoms. The summed E-state index contributed by atoms with van der Waals surface area (Å²) in [6, 6.07) is 0.000247. The normalized spacial score (nSPS) is 22.2. The van der Waals surface area contributed by atoms with Gasteiger partial charge in [-0.3, -0.25) is 9.59 Å². The van der Waals surface area contributed by atoms with Crippen LogP contribution in [-0.4, -0.2) is 33.8 Å². The highest BCUT2D eigenvalue weighted by molar-refractivity contribution is 8.05. The summed E-state index contributed by atoms with van der Waals surface area (Å²) in [7, 11) is 0. The van der Waals surface area contributed by atoms with Crippen LogP contribution in [0.25, 0.3) is 0 Å². The average Bonchev–Trinajstić information content (AvgIpc) is 2.57. The summed E-state index contributed by atoms with van der Waals surface area (Å²) < 4.78 is 0. The van der Waals surface area contributed by atoms with Crippen molar-refractivity contribution in [2.24, 2.45) is 0 Å². The molecular weight excluding hydrogens is 256 g/mol. The van der Waals surface area contributed by atoms with Crippen LogP contribution in [0.15, 0.2) is 22.2 Å². The first kappa shape index (κ1) is 12.7. The molecule has 0 aromatic rings. The number of β-lactam (4-membered cyclic amide) rings is 1. The number of amides is 2. The third-order valence-electron chi connectivity index (χ3n) is 2.74. The predicted molar refractivity (Wildman–Crippen MR) is 65.1 cm³/mol. The van der Waals surface area contributed by atoms with Crippen molar-refractivity contribution in [3.63, 3.8) is 0 Å². The van der Waals surface area contributed by atoms with Gasteiger partial charge in [-0.15, -0.1) is 0 Å². The summed E-state index contributed by atoms with van der Waals surface area (Å²) in [5.74, 6) is -1.41. The molecule has 2 rings (SSSR count). The molecule has 2 aliphatic heterocycles. The van der Waals surface area contributed by atoms with Crippen LogP contribution in [0.2, 0.25) is 0 Å². The summed E-state index contributed by atoms with van der Waals surface area (Å²) >= 11 is 1.22. The fourth-order valence-corrected chi connectivity index (χ4v) is 2.88. The lowest BCUT2D eigenvalue weighted by Crippen LogP contribution is -2.49. The molecule has 1 saturated heterocycles. The van der Waals surface area contributed by atoms with Gasteiger partial charge in [-0.25, -0.2) is 4.79 Å². The molecule has 96 valence electrons. The van der Waals surface area contributed by atoms with E-state index in [4.69, 9.17) is 5.11 Å². The van der Waals surface area contributed by atoms with E-state index in [2.05, 4.69) is 5.32 Å². The standard InChI is InChI=1S/C11H12N2O4S/c1-6(14)12-2-3-18-8-4-7-5-9(15)13(7)10(8)11(16)17/h2-3,7H,4-5H2,1H3,(H,12,14)(H,16,17)/b3-2-. The summed E-state index contributed by atoms with van der Waals surface area (Å²) in [5.41, 5.74) is 0.0775. The van der Waals surface area contributed by atoms with Gasteiger partial charge in [0, 0.05) is 30.9 Å². The Bertz CT molecular complexity index is 483. The molecule has 1 unspecified atom stereocenters. The van der Waals surface area contributed by atoms with E-state index >= 15 is 0 Å². The SMILES string of the molecule is CC(=O)N/C=C\SC1=C(C(=O)O)N2C(=O)CC2C1. The van der Waals surface area contributed by atoms with Crippen LogP contribution in [0.3, 0.4) is 0 Å². The molecule has 18 heavy (non-hydrogen) atoms. The van der Waals surface area contributed by atoms with Crippen LogP contribution >= 0.6 is 11.8 Å². The predicted octanol–water partition coefficient (Wildman–Crippen LogP) is 0.628. The Balaban J connectivity index is 2.07. The van der Waals surface area contributed by atoms with Crippen LogP contribution in [-0.2, 0) is 14.4 Å². The van der Waals surface area contributed by atoms with Gasteiger partial charge in [0.05, 0.1) is 6.04 Å². The maximum atomic E-state index is 11.3. The van der Waals surface area contributed by atoms with E-state index in [1.54, 1.807) is 5.41 Å². The van der Waals surface area contributed by atoms with Crippen LogP contribution in [0.5, 0.6) is 0 Å². The monoisotopic (exact) mass is 268 g/mol. The van der Waals surface area contributed by atoms with Crippen molar-refractivity contribution < 1.29 is 19.5 Å². The van der Waals surface area contributed by atoms with Gasteiger partial charge in [-0.05, 0) is 5.41 Å². The van der Waals surface area contributed by atoms with Gasteiger partial charge in [0.25, 0.3) is 0 Å². The van der Waals surface area contributed by atoms with E-state index in [1.165, 1.54) is 29.8 Å². The van der Waals surface area contributed by atoms with Crippen molar-refractivity contribution in [1.29, 1.82) is 0 Å². The first-order valence-corrected chi connectivity index (χ1v) is 6.26. The third-order valence-corrected chi connectivity index (χ3v) is 3.65. The van der Waals surface area contributed by atoms with E-state index < -0.39 is 5.97 Å². The number of carbonyl (C=O) groups excluding carboxylic acids is 2. The number of hydrogen-bond donors (Lipinski definition) is 2. The number of rotatable bonds is 4. The third kappa shape index (κ3) is 2.26. The molecule has 2 N–H and O–H groups in total. The molecule has 0 aromatic heterocycles. The minimum Gasteiger partial charge on any atom is -0.477 e. The van der Waals surface area contributed by atoms with Gasteiger partial charge in [-0.2, -0.15) is 0 Å². The second kappa shape index (κ2) is 4.85. The first-order valence-electron chi connectivity index (χ1n) is 5.38. The lowest BCUT2D eigenvalue weighted by molar-refractivity contribution is -0.147. The van der Waals surface area contributed by atoms with Gasteiger partial charge in [0.1, 0.15) is 5.70 Å². The van der Waals surface area contributed by atoms with Gasteiger partial charge in [0.15, 0.2) is 0 Å². The second-order valence-electron chi connectivity index (χ2n) is 4.02. The Morgan fingerprint density at radius 2 is 2.22 bits per heavy atom. The number of carbonyl (C=O) groups is 3. The van der Waals surface area contributed by atoms with Crippen molar-refractivity contribution in [2.75, 3.05) is 0 Å². The zero-order chi connectivity index (χ0) is 13.3. The largest absolute Gasteiger partial charge is 0.477 e. The molecule has 0 aliphatic carbocycles. The van der Waals surface area contributed by atoms with Crippen LogP contribution in [0.4, 0.5) is 0 Å². The van der Waals surface area contributed by atoms with E-state index in [1.807, 2.05) is 0 Å². The highest BCUT2D eigenvalue weighted by Crippen LogP contribution is 2.43. The number of carboxylic acid groups (broad SMARTS) is 1. The molecule has 2 heterocycles. The lowest BCUT2D eigenvalue weighted by Gasteiger charge is -2.34. The molecule has 0 spiro atoms. The number of hydrogen-bond acceptors (Lipinski definition) is 4. The Hall–Kier alpha value is -1.76. The van der Waals surface area contributed by atoms with Crippen molar-refractivity contribution in [3.8, 4) is 0 Å². The number of thioether (sulfide) groups is 1. The fraction of sp³-hybridized carbons (Fsp3) is 0.364. The minimum absolute atomic E-state index is 0.000247. The number of aliphatic carboxylic acids is 1. The smallest absolute Gasteiger partial charge is 0.353 e. The van der Waals surface area contributed by atoms with Gasteiger partial charge >= 0.3 is 5.97 Å². The van der Waals surface area contributed by atoms with Gasteiger partial charge in [-0.1, -0.05) is 11.8 Å². The van der Waals surface area contributed by atoms with Crippen LogP contribution in [0.1, 0.15) is 19.8 Å². The van der Waals surface area contributed by atoms with E-state index in [0.717, 1.165) is 0 Å². The topological polar surface area (TPSA) is 86.7 Å². The fourth-order valence-electron chi connectivity index (χ4n) is 1.99.